The molecule has 1 aromatic carbocycles. The summed E-state index contributed by atoms with van der Waals surface area (Å²) in [4.78, 5) is 14.9. The van der Waals surface area contributed by atoms with Crippen LogP contribution < -0.4 is 0 Å². The van der Waals surface area contributed by atoms with Crippen molar-refractivity contribution in [3.05, 3.63) is 40.6 Å². The van der Waals surface area contributed by atoms with E-state index in [-0.39, 0.29) is 11.3 Å². The highest BCUT2D eigenvalue weighted by Crippen LogP contribution is 2.40. The molecule has 2 aromatic rings. The van der Waals surface area contributed by atoms with Crippen molar-refractivity contribution in [2.75, 3.05) is 26.3 Å². The topological polar surface area (TPSA) is 64.8 Å². The van der Waals surface area contributed by atoms with E-state index in [0.29, 0.717) is 53.9 Å². The molecule has 26 heavy (non-hydrogen) atoms. The Hall–Kier alpha value is -1.89. The van der Waals surface area contributed by atoms with Crippen LogP contribution >= 0.6 is 11.6 Å². The molecule has 6 nitrogen and oxygen atoms in total. The van der Waals surface area contributed by atoms with E-state index in [1.807, 2.05) is 32.0 Å². The van der Waals surface area contributed by atoms with Crippen LogP contribution in [0.4, 0.5) is 0 Å². The maximum Gasteiger partial charge on any atom is 0.259 e. The van der Waals surface area contributed by atoms with Crippen LogP contribution in [-0.2, 0) is 9.47 Å². The molecule has 0 aliphatic carbocycles. The van der Waals surface area contributed by atoms with Gasteiger partial charge >= 0.3 is 0 Å². The number of ether oxygens (including phenoxy) is 2. The molecule has 2 aliphatic rings. The lowest BCUT2D eigenvalue weighted by atomic mass is 9.80. The molecular weight excluding hydrogens is 356 g/mol. The Balaban J connectivity index is 1.54. The van der Waals surface area contributed by atoms with Crippen molar-refractivity contribution in [3.8, 4) is 11.3 Å². The highest BCUT2D eigenvalue weighted by atomic mass is 35.5. The molecule has 4 rings (SSSR count). The number of aryl methyl sites for hydroxylation is 1. The zero-order chi connectivity index (χ0) is 18.5. The fraction of sp³-hybridized carbons (Fsp3) is 0.474. The van der Waals surface area contributed by atoms with Gasteiger partial charge < -0.3 is 18.9 Å². The second-order valence-corrected chi connectivity index (χ2v) is 7.99. The van der Waals surface area contributed by atoms with Gasteiger partial charge in [0.2, 0.25) is 0 Å². The van der Waals surface area contributed by atoms with Crippen molar-refractivity contribution in [2.24, 2.45) is 5.41 Å². The van der Waals surface area contributed by atoms with E-state index >= 15 is 0 Å². The highest BCUT2D eigenvalue weighted by molar-refractivity contribution is 6.33. The number of likely N-dealkylation sites (tertiary alicyclic amines) is 1. The minimum Gasteiger partial charge on any atom is -0.360 e. The summed E-state index contributed by atoms with van der Waals surface area (Å²) in [5.41, 5.74) is 1.51. The lowest BCUT2D eigenvalue weighted by Gasteiger charge is -2.53. The summed E-state index contributed by atoms with van der Waals surface area (Å²) in [5, 5.41) is 4.61. The third-order valence-corrected chi connectivity index (χ3v) is 5.33. The quantitative estimate of drug-likeness (QED) is 0.802. The molecule has 0 saturated carbocycles. The Morgan fingerprint density at radius 3 is 2.50 bits per heavy atom. The predicted octanol–water partition coefficient (Wildman–Crippen LogP) is 3.53. The lowest BCUT2D eigenvalue weighted by Crippen LogP contribution is -2.65. The largest absolute Gasteiger partial charge is 0.360 e. The zero-order valence-corrected chi connectivity index (χ0v) is 15.8. The van der Waals surface area contributed by atoms with Gasteiger partial charge in [-0.1, -0.05) is 35.0 Å². The number of halogens is 1. The van der Waals surface area contributed by atoms with E-state index in [1.165, 1.54) is 0 Å². The first-order chi connectivity index (χ1) is 12.3. The summed E-state index contributed by atoms with van der Waals surface area (Å²) in [6.45, 7) is 7.90. The summed E-state index contributed by atoms with van der Waals surface area (Å²) >= 11 is 6.28. The standard InChI is InChI=1S/C19H21ClN2O4/c1-12-15(16(21-26-12)13-6-4-5-7-14(13)20)17(23)22-8-19(9-22)10-24-18(2,3)25-11-19/h4-7H,8-11H2,1-3H3. The van der Waals surface area contributed by atoms with Crippen molar-refractivity contribution in [1.82, 2.24) is 10.1 Å². The van der Waals surface area contributed by atoms with Crippen LogP contribution in [0, 0.1) is 12.3 Å². The molecule has 0 radical (unpaired) electrons. The molecule has 7 heteroatoms. The first-order valence-corrected chi connectivity index (χ1v) is 8.96. The molecule has 2 fully saturated rings. The normalized spacial score (nSPS) is 20.8. The number of carbonyl (C=O) groups is 1. The van der Waals surface area contributed by atoms with Crippen LogP contribution in [0.2, 0.25) is 5.02 Å². The number of carbonyl (C=O) groups excluding carboxylic acids is 1. The number of hydrogen-bond acceptors (Lipinski definition) is 5. The fourth-order valence-corrected chi connectivity index (χ4v) is 3.67. The van der Waals surface area contributed by atoms with Crippen LogP contribution in [-0.4, -0.2) is 48.1 Å². The van der Waals surface area contributed by atoms with Crippen LogP contribution in [0.5, 0.6) is 0 Å². The van der Waals surface area contributed by atoms with E-state index in [0.717, 1.165) is 0 Å². The second-order valence-electron chi connectivity index (χ2n) is 7.58. The molecule has 3 heterocycles. The smallest absolute Gasteiger partial charge is 0.259 e. The van der Waals surface area contributed by atoms with Crippen molar-refractivity contribution < 1.29 is 18.8 Å². The third kappa shape index (κ3) is 2.92. The van der Waals surface area contributed by atoms with Crippen molar-refractivity contribution in [3.63, 3.8) is 0 Å². The average molecular weight is 377 g/mol. The Bertz CT molecular complexity index is 843. The molecule has 1 spiro atoms. The maximum atomic E-state index is 13.1. The van der Waals surface area contributed by atoms with E-state index in [2.05, 4.69) is 5.16 Å². The number of nitrogens with zero attached hydrogens (tertiary/aromatic N) is 2. The second kappa shape index (κ2) is 6.08. The van der Waals surface area contributed by atoms with Crippen molar-refractivity contribution in [1.29, 1.82) is 0 Å². The average Bonchev–Trinajstić information content (AvgIpc) is 2.94. The highest BCUT2D eigenvalue weighted by Gasteiger charge is 2.50. The first-order valence-electron chi connectivity index (χ1n) is 8.59. The minimum absolute atomic E-state index is 0.103. The number of rotatable bonds is 2. The minimum atomic E-state index is -0.558. The van der Waals surface area contributed by atoms with E-state index < -0.39 is 5.79 Å². The number of aromatic nitrogens is 1. The van der Waals surface area contributed by atoms with Gasteiger partial charge in [-0.3, -0.25) is 4.79 Å². The molecule has 138 valence electrons. The number of benzene rings is 1. The van der Waals surface area contributed by atoms with E-state index in [9.17, 15) is 4.79 Å². The summed E-state index contributed by atoms with van der Waals surface area (Å²) in [6, 6.07) is 7.30. The number of amides is 1. The Morgan fingerprint density at radius 2 is 1.85 bits per heavy atom. The summed E-state index contributed by atoms with van der Waals surface area (Å²) in [6.07, 6.45) is 0. The lowest BCUT2D eigenvalue weighted by molar-refractivity contribution is -0.301. The third-order valence-electron chi connectivity index (χ3n) is 5.00. The van der Waals surface area contributed by atoms with Crippen molar-refractivity contribution >= 4 is 17.5 Å². The van der Waals surface area contributed by atoms with Crippen molar-refractivity contribution in [2.45, 2.75) is 26.6 Å². The molecule has 0 N–H and O–H groups in total. The van der Waals surface area contributed by atoms with Gasteiger partial charge in [-0.2, -0.15) is 0 Å². The Kier molecular flexibility index (Phi) is 4.10. The molecule has 2 aliphatic heterocycles. The number of hydrogen-bond donors (Lipinski definition) is 0. The zero-order valence-electron chi connectivity index (χ0n) is 15.0. The summed E-state index contributed by atoms with van der Waals surface area (Å²) in [5.74, 6) is -0.171. The summed E-state index contributed by atoms with van der Waals surface area (Å²) in [7, 11) is 0. The van der Waals surface area contributed by atoms with Crippen LogP contribution in [0.3, 0.4) is 0 Å². The fourth-order valence-electron chi connectivity index (χ4n) is 3.45. The van der Waals surface area contributed by atoms with Gasteiger partial charge in [0.05, 0.1) is 23.7 Å². The molecule has 0 unspecified atom stereocenters. The Morgan fingerprint density at radius 1 is 1.19 bits per heavy atom. The van der Waals surface area contributed by atoms with Crippen LogP contribution in [0.15, 0.2) is 28.8 Å². The SMILES string of the molecule is Cc1onc(-c2ccccc2Cl)c1C(=O)N1CC2(COC(C)(C)OC2)C1. The molecular formula is C19H21ClN2O4. The van der Waals surface area contributed by atoms with Gasteiger partial charge in [-0.05, 0) is 26.8 Å². The predicted molar refractivity (Wildman–Crippen MR) is 96.0 cm³/mol. The van der Waals surface area contributed by atoms with Crippen LogP contribution in [0.1, 0.15) is 30.0 Å². The summed E-state index contributed by atoms with van der Waals surface area (Å²) < 4.78 is 16.8. The first kappa shape index (κ1) is 17.5. The maximum absolute atomic E-state index is 13.1. The molecule has 0 bridgehead atoms. The Labute approximate surface area is 157 Å². The van der Waals surface area contributed by atoms with Crippen LogP contribution in [0.25, 0.3) is 11.3 Å². The monoisotopic (exact) mass is 376 g/mol. The van der Waals surface area contributed by atoms with E-state index in [1.54, 1.807) is 17.9 Å². The van der Waals surface area contributed by atoms with Gasteiger partial charge in [0.1, 0.15) is 17.0 Å². The molecule has 1 amide bonds. The van der Waals surface area contributed by atoms with Gasteiger partial charge in [0.15, 0.2) is 5.79 Å². The van der Waals surface area contributed by atoms with Gasteiger partial charge in [0, 0.05) is 18.7 Å². The molecule has 2 saturated heterocycles. The molecule has 1 aromatic heterocycles. The molecule has 0 atom stereocenters. The van der Waals surface area contributed by atoms with Gasteiger partial charge in [-0.25, -0.2) is 0 Å². The van der Waals surface area contributed by atoms with Gasteiger partial charge in [-0.15, -0.1) is 0 Å². The van der Waals surface area contributed by atoms with E-state index in [4.69, 9.17) is 25.6 Å². The van der Waals surface area contributed by atoms with Gasteiger partial charge in [0.25, 0.3) is 5.91 Å².